The van der Waals surface area contributed by atoms with Gasteiger partial charge in [0.2, 0.25) is 0 Å². The van der Waals surface area contributed by atoms with E-state index in [1.54, 1.807) is 0 Å². The first-order valence-electron chi connectivity index (χ1n) is 6.66. The maximum atomic E-state index is 5.67. The molecule has 16 heavy (non-hydrogen) atoms. The van der Waals surface area contributed by atoms with E-state index in [0.717, 1.165) is 58.5 Å². The van der Waals surface area contributed by atoms with Gasteiger partial charge >= 0.3 is 0 Å². The highest BCUT2D eigenvalue weighted by molar-refractivity contribution is 4.46. The van der Waals surface area contributed by atoms with Crippen LogP contribution in [0.25, 0.3) is 0 Å². The minimum absolute atomic E-state index is 0.0790. The molecule has 0 unspecified atom stereocenters. The third-order valence-electron chi connectivity index (χ3n) is 2.31. The average molecular weight is 232 g/mol. The average Bonchev–Trinajstić information content (AvgIpc) is 2.29. The lowest BCUT2D eigenvalue weighted by molar-refractivity contribution is -0.153. The predicted octanol–water partition coefficient (Wildman–Crippen LogP) is 3.37. The van der Waals surface area contributed by atoms with E-state index in [2.05, 4.69) is 13.8 Å². The van der Waals surface area contributed by atoms with Crippen molar-refractivity contribution in [2.24, 2.45) is 0 Å². The fourth-order valence-corrected chi connectivity index (χ4v) is 1.26. The van der Waals surface area contributed by atoms with Crippen LogP contribution in [-0.2, 0) is 14.2 Å². The van der Waals surface area contributed by atoms with E-state index < -0.39 is 0 Å². The summed E-state index contributed by atoms with van der Waals surface area (Å²) in [7, 11) is 0. The molecule has 0 aliphatic rings. The van der Waals surface area contributed by atoms with Gasteiger partial charge < -0.3 is 14.2 Å². The summed E-state index contributed by atoms with van der Waals surface area (Å²) in [5.74, 6) is 0. The van der Waals surface area contributed by atoms with E-state index in [0.29, 0.717) is 0 Å². The first kappa shape index (κ1) is 15.9. The molecule has 0 heterocycles. The van der Waals surface area contributed by atoms with Crippen LogP contribution in [0.1, 0.15) is 52.9 Å². The SMILES string of the molecule is CCCCOC(CCOCC)OCCCC. The minimum Gasteiger partial charge on any atom is -0.382 e. The van der Waals surface area contributed by atoms with Crippen molar-refractivity contribution >= 4 is 0 Å². The molecule has 0 N–H and O–H groups in total. The Hall–Kier alpha value is -0.120. The van der Waals surface area contributed by atoms with E-state index in [-0.39, 0.29) is 6.29 Å². The molecule has 0 saturated carbocycles. The van der Waals surface area contributed by atoms with Gasteiger partial charge in [-0.1, -0.05) is 26.7 Å². The van der Waals surface area contributed by atoms with Crippen molar-refractivity contribution in [3.8, 4) is 0 Å². The van der Waals surface area contributed by atoms with Gasteiger partial charge in [0.05, 0.1) is 6.61 Å². The highest BCUT2D eigenvalue weighted by Gasteiger charge is 2.08. The number of unbranched alkanes of at least 4 members (excludes halogenated alkanes) is 2. The Kier molecular flexibility index (Phi) is 12.9. The molecule has 0 aromatic rings. The minimum atomic E-state index is -0.0790. The van der Waals surface area contributed by atoms with Crippen LogP contribution >= 0.6 is 0 Å². The van der Waals surface area contributed by atoms with Gasteiger partial charge in [-0.2, -0.15) is 0 Å². The first-order valence-corrected chi connectivity index (χ1v) is 6.66. The van der Waals surface area contributed by atoms with Crippen LogP contribution in [0, 0.1) is 0 Å². The Bertz CT molecular complexity index is 105. The van der Waals surface area contributed by atoms with E-state index in [1.165, 1.54) is 0 Å². The zero-order chi connectivity index (χ0) is 12.1. The molecular formula is C13H28O3. The first-order chi connectivity index (χ1) is 7.85. The topological polar surface area (TPSA) is 27.7 Å². The second kappa shape index (κ2) is 12.9. The summed E-state index contributed by atoms with van der Waals surface area (Å²) in [6.07, 6.45) is 5.27. The predicted molar refractivity (Wildman–Crippen MR) is 66.6 cm³/mol. The van der Waals surface area contributed by atoms with E-state index in [4.69, 9.17) is 14.2 Å². The molecule has 0 radical (unpaired) electrons. The zero-order valence-corrected chi connectivity index (χ0v) is 11.2. The van der Waals surface area contributed by atoms with Gasteiger partial charge in [0.25, 0.3) is 0 Å². The molecule has 3 heteroatoms. The summed E-state index contributed by atoms with van der Waals surface area (Å²) < 4.78 is 16.7. The summed E-state index contributed by atoms with van der Waals surface area (Å²) in [5.41, 5.74) is 0. The highest BCUT2D eigenvalue weighted by Crippen LogP contribution is 2.05. The summed E-state index contributed by atoms with van der Waals surface area (Å²) >= 11 is 0. The molecule has 3 nitrogen and oxygen atoms in total. The van der Waals surface area contributed by atoms with Crippen molar-refractivity contribution < 1.29 is 14.2 Å². The fraction of sp³-hybridized carbons (Fsp3) is 1.00. The van der Waals surface area contributed by atoms with Crippen molar-refractivity contribution in [2.45, 2.75) is 59.2 Å². The third-order valence-corrected chi connectivity index (χ3v) is 2.31. The Morgan fingerprint density at radius 1 is 0.812 bits per heavy atom. The Balaban J connectivity index is 3.58. The molecule has 0 bridgehead atoms. The van der Waals surface area contributed by atoms with Crippen molar-refractivity contribution in [3.05, 3.63) is 0 Å². The number of ether oxygens (including phenoxy) is 3. The normalized spacial score (nSPS) is 11.2. The molecular weight excluding hydrogens is 204 g/mol. The quantitative estimate of drug-likeness (QED) is 0.381. The second-order valence-corrected chi connectivity index (χ2v) is 3.86. The van der Waals surface area contributed by atoms with Gasteiger partial charge in [0.1, 0.15) is 0 Å². The number of hydrogen-bond donors (Lipinski definition) is 0. The Morgan fingerprint density at radius 2 is 1.38 bits per heavy atom. The number of rotatable bonds is 12. The van der Waals surface area contributed by atoms with Crippen LogP contribution in [0.5, 0.6) is 0 Å². The molecule has 0 atom stereocenters. The van der Waals surface area contributed by atoms with Gasteiger partial charge in [0.15, 0.2) is 6.29 Å². The van der Waals surface area contributed by atoms with Gasteiger partial charge in [0, 0.05) is 26.2 Å². The van der Waals surface area contributed by atoms with Crippen LogP contribution in [0.3, 0.4) is 0 Å². The van der Waals surface area contributed by atoms with Crippen LogP contribution in [0.2, 0.25) is 0 Å². The molecule has 0 saturated heterocycles. The van der Waals surface area contributed by atoms with Crippen LogP contribution in [0.4, 0.5) is 0 Å². The van der Waals surface area contributed by atoms with E-state index >= 15 is 0 Å². The lowest BCUT2D eigenvalue weighted by atomic mass is 10.3. The third kappa shape index (κ3) is 10.4. The second-order valence-electron chi connectivity index (χ2n) is 3.86. The summed E-state index contributed by atoms with van der Waals surface area (Å²) in [6.45, 7) is 9.40. The van der Waals surface area contributed by atoms with Crippen LogP contribution in [0.15, 0.2) is 0 Å². The lowest BCUT2D eigenvalue weighted by Gasteiger charge is -2.18. The molecule has 0 aromatic carbocycles. The molecule has 0 aliphatic heterocycles. The van der Waals surface area contributed by atoms with Crippen molar-refractivity contribution in [1.82, 2.24) is 0 Å². The molecule has 98 valence electrons. The molecule has 0 spiro atoms. The molecule has 0 aliphatic carbocycles. The monoisotopic (exact) mass is 232 g/mol. The fourth-order valence-electron chi connectivity index (χ4n) is 1.26. The molecule has 0 fully saturated rings. The van der Waals surface area contributed by atoms with Crippen molar-refractivity contribution in [3.63, 3.8) is 0 Å². The summed E-state index contributed by atoms with van der Waals surface area (Å²) in [4.78, 5) is 0. The summed E-state index contributed by atoms with van der Waals surface area (Å²) in [6, 6.07) is 0. The van der Waals surface area contributed by atoms with Crippen molar-refractivity contribution in [1.29, 1.82) is 0 Å². The van der Waals surface area contributed by atoms with Crippen LogP contribution in [-0.4, -0.2) is 32.7 Å². The Morgan fingerprint density at radius 3 is 1.81 bits per heavy atom. The standard InChI is InChI=1S/C13H28O3/c1-4-7-10-15-13(9-12-14-6-3)16-11-8-5-2/h13H,4-12H2,1-3H3. The maximum absolute atomic E-state index is 5.67. The molecule has 0 amide bonds. The van der Waals surface area contributed by atoms with Crippen molar-refractivity contribution in [2.75, 3.05) is 26.4 Å². The molecule has 0 aromatic heterocycles. The summed E-state index contributed by atoms with van der Waals surface area (Å²) in [5, 5.41) is 0. The van der Waals surface area contributed by atoms with E-state index in [9.17, 15) is 0 Å². The van der Waals surface area contributed by atoms with E-state index in [1.807, 2.05) is 6.92 Å². The van der Waals surface area contributed by atoms with Gasteiger partial charge in [-0.05, 0) is 19.8 Å². The maximum Gasteiger partial charge on any atom is 0.159 e. The largest absolute Gasteiger partial charge is 0.382 e. The zero-order valence-electron chi connectivity index (χ0n) is 11.2. The number of hydrogen-bond acceptors (Lipinski definition) is 3. The van der Waals surface area contributed by atoms with Gasteiger partial charge in [-0.3, -0.25) is 0 Å². The molecule has 0 rings (SSSR count). The van der Waals surface area contributed by atoms with Gasteiger partial charge in [-0.15, -0.1) is 0 Å². The van der Waals surface area contributed by atoms with Gasteiger partial charge in [-0.25, -0.2) is 0 Å². The smallest absolute Gasteiger partial charge is 0.159 e. The Labute approximate surface area is 100 Å². The lowest BCUT2D eigenvalue weighted by Crippen LogP contribution is -2.21. The highest BCUT2D eigenvalue weighted by atomic mass is 16.7. The van der Waals surface area contributed by atoms with Crippen LogP contribution < -0.4 is 0 Å².